The summed E-state index contributed by atoms with van der Waals surface area (Å²) in [4.78, 5) is 0. The van der Waals surface area contributed by atoms with Crippen LogP contribution in [0.2, 0.25) is 0 Å². The van der Waals surface area contributed by atoms with Crippen LogP contribution in [0.25, 0.3) is 0 Å². The average molecular weight is 217 g/mol. The van der Waals surface area contributed by atoms with Crippen LogP contribution in [0.4, 0.5) is 0 Å². The fourth-order valence-corrected chi connectivity index (χ4v) is 3.23. The third-order valence-corrected chi connectivity index (χ3v) is 4.67. The van der Waals surface area contributed by atoms with Gasteiger partial charge in [0.05, 0.1) is 18.5 Å². The van der Waals surface area contributed by atoms with Crippen molar-refractivity contribution in [3.05, 3.63) is 0 Å². The van der Waals surface area contributed by atoms with Crippen molar-refractivity contribution in [1.29, 1.82) is 0 Å². The van der Waals surface area contributed by atoms with Crippen LogP contribution >= 0.6 is 11.8 Å². The third-order valence-electron chi connectivity index (χ3n) is 2.66. The van der Waals surface area contributed by atoms with Crippen LogP contribution in [0.5, 0.6) is 0 Å². The molecular weight excluding hydrogens is 194 g/mol. The number of nitrogens with two attached hydrogens (primary N) is 1. The highest BCUT2D eigenvalue weighted by Gasteiger charge is 2.34. The molecule has 2 nitrogen and oxygen atoms in total. The largest absolute Gasteiger partial charge is 0.379 e. The van der Waals surface area contributed by atoms with E-state index in [9.17, 15) is 0 Å². The second kappa shape index (κ2) is 4.86. The lowest BCUT2D eigenvalue weighted by Gasteiger charge is -2.39. The Morgan fingerprint density at radius 1 is 1.43 bits per heavy atom. The van der Waals surface area contributed by atoms with Gasteiger partial charge in [0.1, 0.15) is 0 Å². The van der Waals surface area contributed by atoms with E-state index >= 15 is 0 Å². The summed E-state index contributed by atoms with van der Waals surface area (Å²) in [5.74, 6) is 0. The zero-order chi connectivity index (χ0) is 10.8. The summed E-state index contributed by atoms with van der Waals surface area (Å²) in [6.07, 6.45) is 1.06. The average Bonchev–Trinajstić information content (AvgIpc) is 1.98. The Hall–Kier alpha value is 0.270. The number of ether oxygens (including phenoxy) is 1. The first kappa shape index (κ1) is 12.3. The van der Waals surface area contributed by atoms with E-state index in [-0.39, 0.29) is 5.41 Å². The van der Waals surface area contributed by atoms with Gasteiger partial charge in [-0.25, -0.2) is 0 Å². The molecule has 0 amide bonds. The zero-order valence-corrected chi connectivity index (χ0v) is 10.6. The molecule has 14 heavy (non-hydrogen) atoms. The molecule has 0 radical (unpaired) electrons. The molecule has 2 unspecified atom stereocenters. The van der Waals surface area contributed by atoms with E-state index in [0.29, 0.717) is 16.5 Å². The summed E-state index contributed by atoms with van der Waals surface area (Å²) in [6.45, 7) is 10.8. The molecule has 0 spiro atoms. The third kappa shape index (κ3) is 3.14. The van der Waals surface area contributed by atoms with Crippen LogP contribution in [0, 0.1) is 5.41 Å². The molecule has 0 aromatic heterocycles. The summed E-state index contributed by atoms with van der Waals surface area (Å²) >= 11 is 2.02. The first-order chi connectivity index (χ1) is 6.45. The highest BCUT2D eigenvalue weighted by atomic mass is 32.2. The lowest BCUT2D eigenvalue weighted by molar-refractivity contribution is 0.0448. The van der Waals surface area contributed by atoms with E-state index in [1.54, 1.807) is 0 Å². The fraction of sp³-hybridized carbons (Fsp3) is 1.00. The van der Waals surface area contributed by atoms with Gasteiger partial charge in [0.15, 0.2) is 0 Å². The maximum atomic E-state index is 6.17. The molecule has 0 aromatic rings. The lowest BCUT2D eigenvalue weighted by Crippen LogP contribution is -2.44. The monoisotopic (exact) mass is 217 g/mol. The smallest absolute Gasteiger partial charge is 0.0608 e. The normalized spacial score (nSPS) is 22.9. The van der Waals surface area contributed by atoms with Crippen molar-refractivity contribution in [2.75, 3.05) is 13.2 Å². The van der Waals surface area contributed by atoms with E-state index < -0.39 is 0 Å². The summed E-state index contributed by atoms with van der Waals surface area (Å²) in [5, 5.41) is 1.22. The van der Waals surface area contributed by atoms with E-state index in [1.807, 2.05) is 11.8 Å². The minimum Gasteiger partial charge on any atom is -0.379 e. The highest BCUT2D eigenvalue weighted by molar-refractivity contribution is 8.00. The van der Waals surface area contributed by atoms with Crippen molar-refractivity contribution in [2.24, 2.45) is 11.1 Å². The molecule has 0 saturated carbocycles. The summed E-state index contributed by atoms with van der Waals surface area (Å²) in [6, 6.07) is 0.306. The van der Waals surface area contributed by atoms with Crippen molar-refractivity contribution < 1.29 is 4.74 Å². The SMILES string of the molecule is CCC(N)C(SC1COC1)C(C)(C)C. The maximum Gasteiger partial charge on any atom is 0.0608 e. The van der Waals surface area contributed by atoms with Crippen LogP contribution in [0.1, 0.15) is 34.1 Å². The van der Waals surface area contributed by atoms with E-state index in [4.69, 9.17) is 10.5 Å². The van der Waals surface area contributed by atoms with E-state index in [1.165, 1.54) is 0 Å². The molecular formula is C11H23NOS. The molecule has 1 rings (SSSR count). The van der Waals surface area contributed by atoms with E-state index in [2.05, 4.69) is 27.7 Å². The number of hydrogen-bond donors (Lipinski definition) is 1. The van der Waals surface area contributed by atoms with Gasteiger partial charge in [-0.05, 0) is 11.8 Å². The predicted octanol–water partition coefficient (Wildman–Crippen LogP) is 2.27. The standard InChI is InChI=1S/C11H23NOS/c1-5-9(12)10(11(2,3)4)14-8-6-13-7-8/h8-10H,5-7,12H2,1-4H3. The molecule has 1 fully saturated rings. The predicted molar refractivity (Wildman–Crippen MR) is 63.7 cm³/mol. The highest BCUT2D eigenvalue weighted by Crippen LogP contribution is 2.37. The van der Waals surface area contributed by atoms with Gasteiger partial charge in [-0.2, -0.15) is 0 Å². The first-order valence-electron chi connectivity index (χ1n) is 5.44. The van der Waals surface area contributed by atoms with Crippen LogP contribution in [0.15, 0.2) is 0 Å². The quantitative estimate of drug-likeness (QED) is 0.784. The number of hydrogen-bond acceptors (Lipinski definition) is 3. The lowest BCUT2D eigenvalue weighted by atomic mass is 9.87. The topological polar surface area (TPSA) is 35.2 Å². The number of thioether (sulfide) groups is 1. The Bertz CT molecular complexity index is 175. The molecule has 84 valence electrons. The zero-order valence-electron chi connectivity index (χ0n) is 9.75. The molecule has 2 atom stereocenters. The Morgan fingerprint density at radius 2 is 2.00 bits per heavy atom. The van der Waals surface area contributed by atoms with Gasteiger partial charge in [0.25, 0.3) is 0 Å². The van der Waals surface area contributed by atoms with Gasteiger partial charge in [0.2, 0.25) is 0 Å². The molecule has 0 aliphatic carbocycles. The van der Waals surface area contributed by atoms with Gasteiger partial charge in [-0.1, -0.05) is 27.7 Å². The fourth-order valence-electron chi connectivity index (χ4n) is 1.66. The maximum absolute atomic E-state index is 6.17. The molecule has 2 N–H and O–H groups in total. The molecule has 0 aromatic carbocycles. The second-order valence-corrected chi connectivity index (χ2v) is 6.60. The van der Waals surface area contributed by atoms with Crippen LogP contribution < -0.4 is 5.73 Å². The summed E-state index contributed by atoms with van der Waals surface area (Å²) in [7, 11) is 0. The molecule has 1 heterocycles. The Labute approximate surface area is 92.0 Å². The Balaban J connectivity index is 2.51. The summed E-state index contributed by atoms with van der Waals surface area (Å²) < 4.78 is 5.20. The molecule has 3 heteroatoms. The van der Waals surface area contributed by atoms with Crippen molar-refractivity contribution in [2.45, 2.75) is 50.7 Å². The summed E-state index contributed by atoms with van der Waals surface area (Å²) in [5.41, 5.74) is 6.46. The first-order valence-corrected chi connectivity index (χ1v) is 6.38. The molecule has 1 aliphatic heterocycles. The number of rotatable bonds is 4. The molecule has 1 saturated heterocycles. The van der Waals surface area contributed by atoms with Gasteiger partial charge in [-0.3, -0.25) is 0 Å². The van der Waals surface area contributed by atoms with Crippen LogP contribution in [-0.2, 0) is 4.74 Å². The van der Waals surface area contributed by atoms with Gasteiger partial charge in [-0.15, -0.1) is 11.8 Å². The minimum absolute atomic E-state index is 0.287. The molecule has 0 bridgehead atoms. The van der Waals surface area contributed by atoms with Gasteiger partial charge < -0.3 is 10.5 Å². The van der Waals surface area contributed by atoms with Crippen LogP contribution in [0.3, 0.4) is 0 Å². The van der Waals surface area contributed by atoms with E-state index in [0.717, 1.165) is 19.6 Å². The Kier molecular flexibility index (Phi) is 4.29. The second-order valence-electron chi connectivity index (χ2n) is 5.15. The van der Waals surface area contributed by atoms with Gasteiger partial charge in [0, 0.05) is 11.3 Å². The van der Waals surface area contributed by atoms with Crippen molar-refractivity contribution in [1.82, 2.24) is 0 Å². The molecule has 1 aliphatic rings. The Morgan fingerprint density at radius 3 is 2.29 bits per heavy atom. The van der Waals surface area contributed by atoms with Gasteiger partial charge >= 0.3 is 0 Å². The minimum atomic E-state index is 0.287. The van der Waals surface area contributed by atoms with Crippen molar-refractivity contribution in [3.63, 3.8) is 0 Å². The van der Waals surface area contributed by atoms with Crippen molar-refractivity contribution >= 4 is 11.8 Å². The van der Waals surface area contributed by atoms with Crippen LogP contribution in [-0.4, -0.2) is 29.8 Å². The van der Waals surface area contributed by atoms with Crippen molar-refractivity contribution in [3.8, 4) is 0 Å².